The van der Waals surface area contributed by atoms with Gasteiger partial charge in [-0.05, 0) is 12.8 Å². The van der Waals surface area contributed by atoms with Gasteiger partial charge in [0, 0.05) is 32.7 Å². The van der Waals surface area contributed by atoms with Crippen LogP contribution in [0.15, 0.2) is 6.33 Å². The molecule has 2 amide bonds. The van der Waals surface area contributed by atoms with Crippen LogP contribution in [0.2, 0.25) is 0 Å². The Bertz CT molecular complexity index is 482. The van der Waals surface area contributed by atoms with Gasteiger partial charge >= 0.3 is 0 Å². The number of hydrogen-bond acceptors (Lipinski definition) is 5. The second-order valence-electron chi connectivity index (χ2n) is 5.07. The van der Waals surface area contributed by atoms with E-state index in [1.54, 1.807) is 4.90 Å². The largest absolute Gasteiger partial charge is 0.338 e. The summed E-state index contributed by atoms with van der Waals surface area (Å²) in [6.45, 7) is 3.64. The van der Waals surface area contributed by atoms with Crippen molar-refractivity contribution in [3.63, 3.8) is 0 Å². The molecule has 2 fully saturated rings. The van der Waals surface area contributed by atoms with Gasteiger partial charge in [0.05, 0.1) is 0 Å². The Morgan fingerprint density at radius 3 is 2.75 bits per heavy atom. The van der Waals surface area contributed by atoms with Gasteiger partial charge in [0.15, 0.2) is 0 Å². The summed E-state index contributed by atoms with van der Waals surface area (Å²) >= 11 is 0. The van der Waals surface area contributed by atoms with Crippen molar-refractivity contribution >= 4 is 11.8 Å². The van der Waals surface area contributed by atoms with Crippen LogP contribution in [0, 0.1) is 0 Å². The van der Waals surface area contributed by atoms with Crippen LogP contribution in [0.3, 0.4) is 0 Å². The lowest BCUT2D eigenvalue weighted by atomic mass is 10.1. The minimum atomic E-state index is -0.356. The summed E-state index contributed by atoms with van der Waals surface area (Å²) in [7, 11) is 0. The first kappa shape index (κ1) is 13.0. The molecule has 1 aromatic heterocycles. The average molecular weight is 278 g/mol. The molecule has 2 aliphatic rings. The SMILES string of the molecule is O=C(C1CCCN1C(=O)c1ncn[nH]1)N1CCNCC1. The molecular weight excluding hydrogens is 260 g/mol. The molecule has 3 rings (SSSR count). The molecule has 1 atom stereocenters. The molecule has 8 nitrogen and oxygen atoms in total. The van der Waals surface area contributed by atoms with Gasteiger partial charge in [0.1, 0.15) is 12.4 Å². The zero-order chi connectivity index (χ0) is 13.9. The monoisotopic (exact) mass is 278 g/mol. The van der Waals surface area contributed by atoms with Gasteiger partial charge in [0.25, 0.3) is 5.91 Å². The second kappa shape index (κ2) is 5.58. The maximum Gasteiger partial charge on any atom is 0.291 e. The fraction of sp³-hybridized carbons (Fsp3) is 0.667. The number of rotatable bonds is 2. The molecule has 108 valence electrons. The Kier molecular flexibility index (Phi) is 3.64. The highest BCUT2D eigenvalue weighted by atomic mass is 16.2. The zero-order valence-electron chi connectivity index (χ0n) is 11.2. The van der Waals surface area contributed by atoms with Crippen LogP contribution in [0.4, 0.5) is 0 Å². The van der Waals surface area contributed by atoms with Crippen molar-refractivity contribution in [1.29, 1.82) is 0 Å². The number of aromatic nitrogens is 3. The van der Waals surface area contributed by atoms with Gasteiger partial charge < -0.3 is 15.1 Å². The van der Waals surface area contributed by atoms with E-state index in [1.807, 2.05) is 4.90 Å². The third kappa shape index (κ3) is 2.38. The highest BCUT2D eigenvalue weighted by Gasteiger charge is 2.37. The van der Waals surface area contributed by atoms with Gasteiger partial charge in [-0.3, -0.25) is 14.7 Å². The van der Waals surface area contributed by atoms with E-state index >= 15 is 0 Å². The van der Waals surface area contributed by atoms with Gasteiger partial charge in [-0.15, -0.1) is 0 Å². The smallest absolute Gasteiger partial charge is 0.291 e. The number of nitrogens with one attached hydrogen (secondary N) is 2. The molecule has 0 spiro atoms. The number of nitrogens with zero attached hydrogens (tertiary/aromatic N) is 4. The molecule has 0 bridgehead atoms. The van der Waals surface area contributed by atoms with Crippen LogP contribution in [-0.2, 0) is 4.79 Å². The molecule has 20 heavy (non-hydrogen) atoms. The predicted octanol–water partition coefficient (Wildman–Crippen LogP) is -1.16. The molecule has 0 saturated carbocycles. The number of carbonyl (C=O) groups excluding carboxylic acids is 2. The van der Waals surface area contributed by atoms with E-state index in [-0.39, 0.29) is 23.7 Å². The first-order valence-corrected chi connectivity index (χ1v) is 6.93. The maximum absolute atomic E-state index is 12.5. The van der Waals surface area contributed by atoms with E-state index in [4.69, 9.17) is 0 Å². The van der Waals surface area contributed by atoms with E-state index in [9.17, 15) is 9.59 Å². The summed E-state index contributed by atoms with van der Waals surface area (Å²) in [4.78, 5) is 32.2. The number of likely N-dealkylation sites (tertiary alicyclic amines) is 1. The summed E-state index contributed by atoms with van der Waals surface area (Å²) < 4.78 is 0. The van der Waals surface area contributed by atoms with Crippen LogP contribution in [0.5, 0.6) is 0 Å². The van der Waals surface area contributed by atoms with Crippen LogP contribution in [0.1, 0.15) is 23.5 Å². The van der Waals surface area contributed by atoms with Gasteiger partial charge in [-0.25, -0.2) is 4.98 Å². The molecule has 1 aromatic rings. The third-order valence-corrected chi connectivity index (χ3v) is 3.84. The van der Waals surface area contributed by atoms with E-state index in [0.29, 0.717) is 19.6 Å². The topological polar surface area (TPSA) is 94.2 Å². The molecule has 0 radical (unpaired) electrons. The van der Waals surface area contributed by atoms with Crippen molar-refractivity contribution in [2.24, 2.45) is 0 Å². The Balaban J connectivity index is 1.71. The highest BCUT2D eigenvalue weighted by Crippen LogP contribution is 2.21. The van der Waals surface area contributed by atoms with E-state index < -0.39 is 0 Å². The molecule has 0 aliphatic carbocycles. The van der Waals surface area contributed by atoms with Crippen LogP contribution in [-0.4, -0.2) is 75.6 Å². The molecule has 2 aliphatic heterocycles. The lowest BCUT2D eigenvalue weighted by Crippen LogP contribution is -2.53. The molecule has 1 unspecified atom stereocenters. The van der Waals surface area contributed by atoms with Crippen molar-refractivity contribution in [3.05, 3.63) is 12.2 Å². The fourth-order valence-corrected chi connectivity index (χ4v) is 2.81. The summed E-state index contributed by atoms with van der Waals surface area (Å²) in [6, 6.07) is -0.356. The molecule has 2 N–H and O–H groups in total. The summed E-state index contributed by atoms with van der Waals surface area (Å²) in [5.41, 5.74) is 0. The third-order valence-electron chi connectivity index (χ3n) is 3.84. The molecule has 8 heteroatoms. The van der Waals surface area contributed by atoms with Crippen LogP contribution < -0.4 is 5.32 Å². The number of carbonyl (C=O) groups is 2. The van der Waals surface area contributed by atoms with Crippen molar-refractivity contribution < 1.29 is 9.59 Å². The first-order valence-electron chi connectivity index (χ1n) is 6.93. The highest BCUT2D eigenvalue weighted by molar-refractivity contribution is 5.95. The Labute approximate surface area is 116 Å². The van der Waals surface area contributed by atoms with E-state index in [2.05, 4.69) is 20.5 Å². The lowest BCUT2D eigenvalue weighted by molar-refractivity contribution is -0.135. The molecule has 3 heterocycles. The minimum Gasteiger partial charge on any atom is -0.338 e. The maximum atomic E-state index is 12.5. The van der Waals surface area contributed by atoms with E-state index in [0.717, 1.165) is 25.9 Å². The standard InChI is InChI=1S/C12H18N6O2/c19-11(17-6-3-13-4-7-17)9-2-1-5-18(9)12(20)10-14-8-15-16-10/h8-9,13H,1-7H2,(H,14,15,16). The van der Waals surface area contributed by atoms with Gasteiger partial charge in [-0.1, -0.05) is 0 Å². The van der Waals surface area contributed by atoms with Crippen LogP contribution >= 0.6 is 0 Å². The summed E-state index contributed by atoms with van der Waals surface area (Å²) in [5, 5.41) is 9.47. The number of piperazine rings is 1. The Morgan fingerprint density at radius 1 is 1.25 bits per heavy atom. The Hall–Kier alpha value is -1.96. The number of H-pyrrole nitrogens is 1. The Morgan fingerprint density at radius 2 is 2.05 bits per heavy atom. The van der Waals surface area contributed by atoms with Crippen molar-refractivity contribution in [2.45, 2.75) is 18.9 Å². The summed E-state index contributed by atoms with van der Waals surface area (Å²) in [6.07, 6.45) is 2.88. The lowest BCUT2D eigenvalue weighted by Gasteiger charge is -2.32. The van der Waals surface area contributed by atoms with Crippen molar-refractivity contribution in [3.8, 4) is 0 Å². The zero-order valence-corrected chi connectivity index (χ0v) is 11.2. The van der Waals surface area contributed by atoms with Crippen molar-refractivity contribution in [2.75, 3.05) is 32.7 Å². The minimum absolute atomic E-state index is 0.0527. The molecule has 2 saturated heterocycles. The normalized spacial score (nSPS) is 23.1. The van der Waals surface area contributed by atoms with Gasteiger partial charge in [-0.2, -0.15) is 5.10 Å². The number of amides is 2. The first-order chi connectivity index (χ1) is 9.77. The molecule has 0 aromatic carbocycles. The number of aromatic amines is 1. The predicted molar refractivity (Wildman–Crippen MR) is 69.9 cm³/mol. The van der Waals surface area contributed by atoms with E-state index in [1.165, 1.54) is 6.33 Å². The fourth-order valence-electron chi connectivity index (χ4n) is 2.81. The average Bonchev–Trinajstić information content (AvgIpc) is 3.18. The second-order valence-corrected chi connectivity index (χ2v) is 5.07. The summed E-state index contributed by atoms with van der Waals surface area (Å²) in [5.74, 6) is 0.00959. The van der Waals surface area contributed by atoms with Crippen LogP contribution in [0.25, 0.3) is 0 Å². The quantitative estimate of drug-likeness (QED) is 0.712. The number of hydrogen-bond donors (Lipinski definition) is 2. The van der Waals surface area contributed by atoms with Crippen molar-refractivity contribution in [1.82, 2.24) is 30.3 Å². The van der Waals surface area contributed by atoms with Gasteiger partial charge in [0.2, 0.25) is 11.7 Å². The molecular formula is C12H18N6O2.